The summed E-state index contributed by atoms with van der Waals surface area (Å²) in [5.74, 6) is 1.05. The van der Waals surface area contributed by atoms with Crippen LogP contribution in [0.2, 0.25) is 0 Å². The number of carbonyl (C=O) groups excluding carboxylic acids is 1. The van der Waals surface area contributed by atoms with Gasteiger partial charge in [0.1, 0.15) is 0 Å². The molecule has 2 aliphatic carbocycles. The maximum atomic E-state index is 12.6. The topological polar surface area (TPSA) is 68.0 Å². The maximum absolute atomic E-state index is 12.6. The van der Waals surface area contributed by atoms with Gasteiger partial charge in [-0.15, -0.1) is 0 Å². The molecule has 1 amide bonds. The van der Waals surface area contributed by atoms with E-state index in [1.54, 1.807) is 0 Å². The van der Waals surface area contributed by atoms with Gasteiger partial charge in [-0.3, -0.25) is 4.79 Å². The minimum atomic E-state index is -0.0307. The second-order valence-electron chi connectivity index (χ2n) is 6.37. The number of carbonyl (C=O) groups is 1. The first-order valence-electron chi connectivity index (χ1n) is 7.56. The molecule has 2 fully saturated rings. The van der Waals surface area contributed by atoms with Crippen LogP contribution in [0.1, 0.15) is 24.8 Å². The van der Waals surface area contributed by atoms with Crippen LogP contribution in [-0.2, 0) is 4.79 Å². The molecule has 0 spiro atoms. The van der Waals surface area contributed by atoms with Gasteiger partial charge in [-0.25, -0.2) is 4.98 Å². The van der Waals surface area contributed by atoms with Crippen LogP contribution in [0.3, 0.4) is 0 Å². The third kappa shape index (κ3) is 2.07. The molecule has 3 N–H and O–H groups in total. The quantitative estimate of drug-likeness (QED) is 0.896. The van der Waals surface area contributed by atoms with E-state index >= 15 is 0 Å². The molecule has 21 heavy (non-hydrogen) atoms. The Labute approximate surface area is 127 Å². The number of nitrogens with two attached hydrogens (primary N) is 1. The maximum Gasteiger partial charge on any atom is 0.231 e. The third-order valence-electron chi connectivity index (χ3n) is 5.13. The SMILES string of the molecule is Cc1cccc2sc(NC(=O)C3C4CCC(C4)C3N)nc12. The summed E-state index contributed by atoms with van der Waals surface area (Å²) < 4.78 is 1.11. The van der Waals surface area contributed by atoms with Gasteiger partial charge in [-0.05, 0) is 49.7 Å². The van der Waals surface area contributed by atoms with Crippen molar-refractivity contribution < 1.29 is 4.79 Å². The van der Waals surface area contributed by atoms with Crippen molar-refractivity contribution in [2.24, 2.45) is 23.5 Å². The number of hydrogen-bond donors (Lipinski definition) is 2. The molecule has 1 aromatic carbocycles. The van der Waals surface area contributed by atoms with E-state index in [-0.39, 0.29) is 17.9 Å². The highest BCUT2D eigenvalue weighted by molar-refractivity contribution is 7.22. The Hall–Kier alpha value is -1.46. The molecule has 4 nitrogen and oxygen atoms in total. The minimum absolute atomic E-state index is 0.0277. The van der Waals surface area contributed by atoms with E-state index in [0.717, 1.165) is 28.6 Å². The summed E-state index contributed by atoms with van der Waals surface area (Å²) in [5, 5.41) is 3.70. The predicted octanol–water partition coefficient (Wildman–Crippen LogP) is 2.92. The Balaban J connectivity index is 1.57. The zero-order chi connectivity index (χ0) is 14.6. The van der Waals surface area contributed by atoms with Crippen molar-refractivity contribution in [1.82, 2.24) is 4.98 Å². The summed E-state index contributed by atoms with van der Waals surface area (Å²) >= 11 is 1.54. The Kier molecular flexibility index (Phi) is 3.01. The predicted molar refractivity (Wildman–Crippen MR) is 85.3 cm³/mol. The largest absolute Gasteiger partial charge is 0.327 e. The smallest absolute Gasteiger partial charge is 0.231 e. The van der Waals surface area contributed by atoms with Gasteiger partial charge >= 0.3 is 0 Å². The molecule has 0 radical (unpaired) electrons. The molecule has 4 unspecified atom stereocenters. The first-order chi connectivity index (χ1) is 10.1. The first-order valence-corrected chi connectivity index (χ1v) is 8.38. The van der Waals surface area contributed by atoms with E-state index in [1.807, 2.05) is 25.1 Å². The summed E-state index contributed by atoms with van der Waals surface area (Å²) in [6.07, 6.45) is 3.46. The molecule has 2 aliphatic rings. The van der Waals surface area contributed by atoms with Crippen molar-refractivity contribution in [3.05, 3.63) is 23.8 Å². The summed E-state index contributed by atoms with van der Waals surface area (Å²) in [7, 11) is 0. The first kappa shape index (κ1) is 13.2. The number of nitrogens with one attached hydrogen (secondary N) is 1. The molecule has 110 valence electrons. The van der Waals surface area contributed by atoms with Crippen LogP contribution in [-0.4, -0.2) is 16.9 Å². The van der Waals surface area contributed by atoms with E-state index in [9.17, 15) is 4.79 Å². The Morgan fingerprint density at radius 1 is 1.38 bits per heavy atom. The number of benzene rings is 1. The van der Waals surface area contributed by atoms with Gasteiger partial charge in [0.05, 0.1) is 16.1 Å². The number of amides is 1. The van der Waals surface area contributed by atoms with Crippen LogP contribution >= 0.6 is 11.3 Å². The number of hydrogen-bond acceptors (Lipinski definition) is 4. The fourth-order valence-corrected chi connectivity index (χ4v) is 5.00. The molecule has 0 saturated heterocycles. The van der Waals surface area contributed by atoms with Crippen molar-refractivity contribution in [3.63, 3.8) is 0 Å². The number of fused-ring (bicyclic) bond motifs is 3. The molecular formula is C16H19N3OS. The number of para-hydroxylation sites is 1. The normalized spacial score (nSPS) is 31.0. The average Bonchev–Trinajstić information content (AvgIpc) is 3.12. The van der Waals surface area contributed by atoms with Crippen LogP contribution in [0.25, 0.3) is 10.2 Å². The average molecular weight is 301 g/mol. The standard InChI is InChI=1S/C16H19N3OS/c1-8-3-2-4-11-14(8)18-16(21-11)19-15(20)12-9-5-6-10(7-9)13(12)17/h2-4,9-10,12-13H,5-7,17H2,1H3,(H,18,19,20). The van der Waals surface area contributed by atoms with Crippen LogP contribution in [0, 0.1) is 24.7 Å². The lowest BCUT2D eigenvalue weighted by Crippen LogP contribution is -2.42. The molecule has 1 heterocycles. The molecule has 2 aromatic rings. The second kappa shape index (κ2) is 4.78. The van der Waals surface area contributed by atoms with E-state index in [1.165, 1.54) is 17.8 Å². The zero-order valence-electron chi connectivity index (χ0n) is 12.0. The highest BCUT2D eigenvalue weighted by atomic mass is 32.1. The molecule has 4 rings (SSSR count). The molecule has 1 aromatic heterocycles. The van der Waals surface area contributed by atoms with Crippen molar-refractivity contribution >= 4 is 32.6 Å². The van der Waals surface area contributed by atoms with E-state index in [2.05, 4.69) is 10.3 Å². The van der Waals surface area contributed by atoms with E-state index < -0.39 is 0 Å². The third-order valence-corrected chi connectivity index (χ3v) is 6.07. The van der Waals surface area contributed by atoms with Crippen LogP contribution in [0.5, 0.6) is 0 Å². The summed E-state index contributed by atoms with van der Waals surface area (Å²) in [4.78, 5) is 17.1. The highest BCUT2D eigenvalue weighted by Crippen LogP contribution is 2.48. The van der Waals surface area contributed by atoms with E-state index in [4.69, 9.17) is 5.73 Å². The molecule has 2 bridgehead atoms. The number of thiazole rings is 1. The fraction of sp³-hybridized carbons (Fsp3) is 0.500. The zero-order valence-corrected chi connectivity index (χ0v) is 12.8. The lowest BCUT2D eigenvalue weighted by Gasteiger charge is -2.26. The molecule has 4 atom stereocenters. The van der Waals surface area contributed by atoms with Crippen LogP contribution in [0.4, 0.5) is 5.13 Å². The highest BCUT2D eigenvalue weighted by Gasteiger charge is 2.49. The Morgan fingerprint density at radius 2 is 2.19 bits per heavy atom. The number of nitrogens with zero attached hydrogens (tertiary/aromatic N) is 1. The van der Waals surface area contributed by atoms with Crippen LogP contribution < -0.4 is 11.1 Å². The van der Waals surface area contributed by atoms with Gasteiger partial charge in [0, 0.05) is 6.04 Å². The van der Waals surface area contributed by atoms with Gasteiger partial charge in [-0.2, -0.15) is 0 Å². The lowest BCUT2D eigenvalue weighted by molar-refractivity contribution is -0.121. The molecular weight excluding hydrogens is 282 g/mol. The number of rotatable bonds is 2. The number of aromatic nitrogens is 1. The van der Waals surface area contributed by atoms with Crippen molar-refractivity contribution in [2.45, 2.75) is 32.2 Å². The second-order valence-corrected chi connectivity index (χ2v) is 7.40. The molecule has 0 aliphatic heterocycles. The lowest BCUT2D eigenvalue weighted by atomic mass is 9.84. The van der Waals surface area contributed by atoms with Crippen molar-refractivity contribution in [2.75, 3.05) is 5.32 Å². The molecule has 5 heteroatoms. The van der Waals surface area contributed by atoms with E-state index in [0.29, 0.717) is 17.0 Å². The van der Waals surface area contributed by atoms with Gasteiger partial charge in [0.2, 0.25) is 5.91 Å². The summed E-state index contributed by atoms with van der Waals surface area (Å²) in [5.41, 5.74) is 8.36. The van der Waals surface area contributed by atoms with Crippen molar-refractivity contribution in [1.29, 1.82) is 0 Å². The summed E-state index contributed by atoms with van der Waals surface area (Å²) in [6.45, 7) is 2.04. The van der Waals surface area contributed by atoms with Gasteiger partial charge in [0.15, 0.2) is 5.13 Å². The van der Waals surface area contributed by atoms with Crippen molar-refractivity contribution in [3.8, 4) is 0 Å². The Bertz CT molecular complexity index is 709. The fourth-order valence-electron chi connectivity index (χ4n) is 4.05. The van der Waals surface area contributed by atoms with Gasteiger partial charge in [0.25, 0.3) is 0 Å². The number of aryl methyl sites for hydroxylation is 1. The monoisotopic (exact) mass is 301 g/mol. The van der Waals surface area contributed by atoms with Gasteiger partial charge < -0.3 is 11.1 Å². The molecule has 2 saturated carbocycles. The Morgan fingerprint density at radius 3 is 2.90 bits per heavy atom. The summed E-state index contributed by atoms with van der Waals surface area (Å²) in [6, 6.07) is 6.13. The van der Waals surface area contributed by atoms with Gasteiger partial charge in [-0.1, -0.05) is 23.5 Å². The minimum Gasteiger partial charge on any atom is -0.327 e. The number of anilines is 1. The van der Waals surface area contributed by atoms with Crippen LogP contribution in [0.15, 0.2) is 18.2 Å².